The van der Waals surface area contributed by atoms with E-state index in [1.165, 1.54) is 0 Å². The van der Waals surface area contributed by atoms with Crippen molar-refractivity contribution in [3.05, 3.63) is 53.1 Å². The Labute approximate surface area is 169 Å². The van der Waals surface area contributed by atoms with Gasteiger partial charge in [-0.15, -0.1) is 12.4 Å². The van der Waals surface area contributed by atoms with Gasteiger partial charge in [-0.1, -0.05) is 11.6 Å². The summed E-state index contributed by atoms with van der Waals surface area (Å²) in [4.78, 5) is 26.2. The summed E-state index contributed by atoms with van der Waals surface area (Å²) in [5, 5.41) is 3.14. The number of hydrogen-bond acceptors (Lipinski definition) is 4. The van der Waals surface area contributed by atoms with Gasteiger partial charge in [0.05, 0.1) is 10.6 Å². The summed E-state index contributed by atoms with van der Waals surface area (Å²) in [5.41, 5.74) is 7.03. The third-order valence-corrected chi connectivity index (χ3v) is 4.41. The highest BCUT2D eigenvalue weighted by Gasteiger charge is 2.23. The highest BCUT2D eigenvalue weighted by Crippen LogP contribution is 2.27. The second-order valence-electron chi connectivity index (χ2n) is 5.93. The molecule has 3 rings (SSSR count). The molecule has 1 heterocycles. The molecule has 2 aromatic rings. The maximum atomic E-state index is 12.6. The molecule has 8 heteroatoms. The van der Waals surface area contributed by atoms with Crippen molar-refractivity contribution in [1.29, 1.82) is 0 Å². The number of hydrogen-bond donors (Lipinski definition) is 2. The van der Waals surface area contributed by atoms with Crippen LogP contribution in [-0.2, 0) is 4.79 Å². The molecule has 3 N–H and O–H groups in total. The van der Waals surface area contributed by atoms with Gasteiger partial charge in [0.25, 0.3) is 5.91 Å². The maximum absolute atomic E-state index is 12.6. The number of amides is 2. The SMILES string of the molecule is Cl.NCCOc1ccc(NC(=O)c2cc(N3CCCC3=O)ccc2Cl)cc1. The van der Waals surface area contributed by atoms with E-state index in [9.17, 15) is 9.59 Å². The van der Waals surface area contributed by atoms with E-state index in [2.05, 4.69) is 5.32 Å². The lowest BCUT2D eigenvalue weighted by atomic mass is 10.1. The first-order valence-electron chi connectivity index (χ1n) is 8.42. The molecule has 0 aromatic heterocycles. The number of ether oxygens (including phenoxy) is 1. The van der Waals surface area contributed by atoms with Crippen LogP contribution in [0.25, 0.3) is 0 Å². The highest BCUT2D eigenvalue weighted by atomic mass is 35.5. The van der Waals surface area contributed by atoms with Gasteiger partial charge in [0.1, 0.15) is 12.4 Å². The monoisotopic (exact) mass is 409 g/mol. The summed E-state index contributed by atoms with van der Waals surface area (Å²) >= 11 is 6.19. The van der Waals surface area contributed by atoms with Crippen LogP contribution in [-0.4, -0.2) is 31.5 Å². The van der Waals surface area contributed by atoms with Gasteiger partial charge in [-0.05, 0) is 48.9 Å². The molecule has 2 amide bonds. The zero-order chi connectivity index (χ0) is 18.5. The van der Waals surface area contributed by atoms with Crippen molar-refractivity contribution in [3.63, 3.8) is 0 Å². The number of halogens is 2. The lowest BCUT2D eigenvalue weighted by molar-refractivity contribution is -0.117. The Hall–Kier alpha value is -2.28. The number of carbonyl (C=O) groups excluding carboxylic acids is 2. The number of carbonyl (C=O) groups is 2. The molecule has 0 spiro atoms. The molecule has 0 atom stereocenters. The van der Waals surface area contributed by atoms with Crippen molar-refractivity contribution in [3.8, 4) is 5.75 Å². The molecule has 1 aliphatic heterocycles. The zero-order valence-corrected chi connectivity index (χ0v) is 16.2. The number of anilines is 2. The molecule has 1 saturated heterocycles. The quantitative estimate of drug-likeness (QED) is 0.764. The van der Waals surface area contributed by atoms with E-state index in [-0.39, 0.29) is 24.2 Å². The van der Waals surface area contributed by atoms with Crippen molar-refractivity contribution in [2.75, 3.05) is 29.9 Å². The van der Waals surface area contributed by atoms with Gasteiger partial charge in [-0.3, -0.25) is 9.59 Å². The average Bonchev–Trinajstić information content (AvgIpc) is 3.07. The van der Waals surface area contributed by atoms with Crippen LogP contribution in [0.5, 0.6) is 5.75 Å². The fourth-order valence-electron chi connectivity index (χ4n) is 2.79. The number of nitrogens with zero attached hydrogens (tertiary/aromatic N) is 1. The van der Waals surface area contributed by atoms with Crippen LogP contribution in [0.15, 0.2) is 42.5 Å². The highest BCUT2D eigenvalue weighted by molar-refractivity contribution is 6.34. The van der Waals surface area contributed by atoms with Gasteiger partial charge < -0.3 is 20.7 Å². The van der Waals surface area contributed by atoms with Crippen molar-refractivity contribution in [2.45, 2.75) is 12.8 Å². The Morgan fingerprint density at radius 2 is 1.96 bits per heavy atom. The van der Waals surface area contributed by atoms with E-state index >= 15 is 0 Å². The summed E-state index contributed by atoms with van der Waals surface area (Å²) in [6.45, 7) is 1.53. The van der Waals surface area contributed by atoms with E-state index < -0.39 is 0 Å². The van der Waals surface area contributed by atoms with Crippen LogP contribution < -0.4 is 20.7 Å². The van der Waals surface area contributed by atoms with Crippen LogP contribution in [0.2, 0.25) is 5.02 Å². The molecule has 0 radical (unpaired) electrons. The van der Waals surface area contributed by atoms with E-state index in [1.54, 1.807) is 47.4 Å². The van der Waals surface area contributed by atoms with E-state index in [1.807, 2.05) is 0 Å². The van der Waals surface area contributed by atoms with Gasteiger partial charge in [0, 0.05) is 30.9 Å². The van der Waals surface area contributed by atoms with E-state index in [4.69, 9.17) is 22.1 Å². The first kappa shape index (κ1) is 21.0. The zero-order valence-electron chi connectivity index (χ0n) is 14.6. The first-order valence-corrected chi connectivity index (χ1v) is 8.80. The van der Waals surface area contributed by atoms with Crippen LogP contribution in [0, 0.1) is 0 Å². The Bertz CT molecular complexity index is 812. The summed E-state index contributed by atoms with van der Waals surface area (Å²) in [5.74, 6) is 0.409. The third-order valence-electron chi connectivity index (χ3n) is 4.08. The summed E-state index contributed by atoms with van der Waals surface area (Å²) in [6.07, 6.45) is 1.35. The van der Waals surface area contributed by atoms with Crippen molar-refractivity contribution in [1.82, 2.24) is 0 Å². The fourth-order valence-corrected chi connectivity index (χ4v) is 2.99. The molecule has 1 aliphatic rings. The molecule has 144 valence electrons. The topological polar surface area (TPSA) is 84.7 Å². The molecule has 0 saturated carbocycles. The molecular formula is C19H21Cl2N3O3. The molecule has 0 unspecified atom stereocenters. The smallest absolute Gasteiger partial charge is 0.257 e. The van der Waals surface area contributed by atoms with Gasteiger partial charge in [0.2, 0.25) is 5.91 Å². The normalized spacial score (nSPS) is 13.3. The molecular weight excluding hydrogens is 389 g/mol. The lowest BCUT2D eigenvalue weighted by Crippen LogP contribution is -2.24. The van der Waals surface area contributed by atoms with E-state index in [0.29, 0.717) is 53.8 Å². The summed E-state index contributed by atoms with van der Waals surface area (Å²) in [6, 6.07) is 12.0. The minimum absolute atomic E-state index is 0. The second kappa shape index (κ2) is 9.60. The van der Waals surface area contributed by atoms with Gasteiger partial charge in [0.15, 0.2) is 0 Å². The predicted octanol–water partition coefficient (Wildman–Crippen LogP) is 3.48. The van der Waals surface area contributed by atoms with Crippen LogP contribution in [0.4, 0.5) is 11.4 Å². The average molecular weight is 410 g/mol. The Kier molecular flexibility index (Phi) is 7.47. The Morgan fingerprint density at radius 1 is 1.22 bits per heavy atom. The van der Waals surface area contributed by atoms with Crippen LogP contribution in [0.1, 0.15) is 23.2 Å². The minimum atomic E-state index is -0.334. The standard InChI is InChI=1S/C19H20ClN3O3.ClH/c20-17-8-5-14(23-10-1-2-18(23)24)12-16(17)19(25)22-13-3-6-15(7-4-13)26-11-9-21;/h3-8,12H,1-2,9-11,21H2,(H,22,25);1H. The predicted molar refractivity (Wildman–Crippen MR) is 109 cm³/mol. The van der Waals surface area contributed by atoms with Gasteiger partial charge in [-0.2, -0.15) is 0 Å². The van der Waals surface area contributed by atoms with Crippen molar-refractivity contribution >= 4 is 47.2 Å². The number of benzene rings is 2. The third kappa shape index (κ3) is 5.13. The van der Waals surface area contributed by atoms with Crippen molar-refractivity contribution in [2.24, 2.45) is 5.73 Å². The van der Waals surface area contributed by atoms with Gasteiger partial charge >= 0.3 is 0 Å². The molecule has 0 aliphatic carbocycles. The molecule has 0 bridgehead atoms. The summed E-state index contributed by atoms with van der Waals surface area (Å²) < 4.78 is 5.41. The minimum Gasteiger partial charge on any atom is -0.492 e. The largest absolute Gasteiger partial charge is 0.492 e. The number of rotatable bonds is 6. The maximum Gasteiger partial charge on any atom is 0.257 e. The molecule has 2 aromatic carbocycles. The second-order valence-corrected chi connectivity index (χ2v) is 6.34. The first-order chi connectivity index (χ1) is 12.6. The van der Waals surface area contributed by atoms with Crippen LogP contribution >= 0.6 is 24.0 Å². The number of nitrogens with one attached hydrogen (secondary N) is 1. The molecule has 27 heavy (non-hydrogen) atoms. The lowest BCUT2D eigenvalue weighted by Gasteiger charge is -2.17. The Balaban J connectivity index is 0.00000261. The van der Waals surface area contributed by atoms with Crippen molar-refractivity contribution < 1.29 is 14.3 Å². The van der Waals surface area contributed by atoms with Crippen LogP contribution in [0.3, 0.4) is 0 Å². The summed E-state index contributed by atoms with van der Waals surface area (Å²) in [7, 11) is 0. The molecule has 6 nitrogen and oxygen atoms in total. The molecule has 1 fully saturated rings. The van der Waals surface area contributed by atoms with E-state index in [0.717, 1.165) is 6.42 Å². The fraction of sp³-hybridized carbons (Fsp3) is 0.263. The number of nitrogens with two attached hydrogens (primary N) is 1. The Morgan fingerprint density at radius 3 is 2.59 bits per heavy atom. The van der Waals surface area contributed by atoms with Gasteiger partial charge in [-0.25, -0.2) is 0 Å².